The SMILES string of the molecule is NNC(Cc1cccc(Cl)c1F)C1CCCCC1. The predicted molar refractivity (Wildman–Crippen MR) is 72.8 cm³/mol. The lowest BCUT2D eigenvalue weighted by Crippen LogP contribution is -2.43. The molecule has 1 aromatic carbocycles. The quantitative estimate of drug-likeness (QED) is 0.650. The van der Waals surface area contributed by atoms with Gasteiger partial charge in [0, 0.05) is 6.04 Å². The molecule has 0 bridgehead atoms. The molecule has 0 aliphatic heterocycles. The summed E-state index contributed by atoms with van der Waals surface area (Å²) in [6.07, 6.45) is 6.77. The maximum absolute atomic E-state index is 13.9. The molecule has 0 amide bonds. The zero-order chi connectivity index (χ0) is 13.0. The van der Waals surface area contributed by atoms with Gasteiger partial charge in [-0.25, -0.2) is 4.39 Å². The third-order valence-corrected chi connectivity index (χ3v) is 4.20. The van der Waals surface area contributed by atoms with Crippen molar-refractivity contribution >= 4 is 11.6 Å². The fourth-order valence-corrected chi connectivity index (χ4v) is 3.04. The van der Waals surface area contributed by atoms with Crippen LogP contribution in [0.4, 0.5) is 4.39 Å². The van der Waals surface area contributed by atoms with Crippen LogP contribution in [0.15, 0.2) is 18.2 Å². The lowest BCUT2D eigenvalue weighted by atomic mass is 9.82. The van der Waals surface area contributed by atoms with Gasteiger partial charge in [-0.3, -0.25) is 11.3 Å². The van der Waals surface area contributed by atoms with Gasteiger partial charge in [-0.15, -0.1) is 0 Å². The summed E-state index contributed by atoms with van der Waals surface area (Å²) >= 11 is 5.80. The number of nitrogens with two attached hydrogens (primary N) is 1. The van der Waals surface area contributed by atoms with E-state index < -0.39 is 0 Å². The fourth-order valence-electron chi connectivity index (χ4n) is 2.84. The third kappa shape index (κ3) is 3.22. The van der Waals surface area contributed by atoms with Crippen LogP contribution < -0.4 is 11.3 Å². The van der Waals surface area contributed by atoms with Crippen molar-refractivity contribution in [2.75, 3.05) is 0 Å². The first kappa shape index (κ1) is 13.8. The maximum atomic E-state index is 13.9. The van der Waals surface area contributed by atoms with Gasteiger partial charge in [0.05, 0.1) is 5.02 Å². The molecule has 0 aromatic heterocycles. The molecule has 0 saturated heterocycles. The van der Waals surface area contributed by atoms with E-state index in [1.807, 2.05) is 0 Å². The largest absolute Gasteiger partial charge is 0.271 e. The molecule has 3 N–H and O–H groups in total. The van der Waals surface area contributed by atoms with Crippen molar-refractivity contribution in [2.24, 2.45) is 11.8 Å². The Bertz CT molecular complexity index is 391. The summed E-state index contributed by atoms with van der Waals surface area (Å²) in [7, 11) is 0. The average Bonchev–Trinajstić information content (AvgIpc) is 2.41. The molecule has 2 nitrogen and oxygen atoms in total. The van der Waals surface area contributed by atoms with Gasteiger partial charge in [0.15, 0.2) is 0 Å². The number of halogens is 2. The smallest absolute Gasteiger partial charge is 0.145 e. The highest BCUT2D eigenvalue weighted by Gasteiger charge is 2.24. The van der Waals surface area contributed by atoms with Crippen molar-refractivity contribution in [3.05, 3.63) is 34.6 Å². The van der Waals surface area contributed by atoms with Crippen molar-refractivity contribution in [3.8, 4) is 0 Å². The van der Waals surface area contributed by atoms with Gasteiger partial charge >= 0.3 is 0 Å². The van der Waals surface area contributed by atoms with E-state index in [0.29, 0.717) is 17.9 Å². The van der Waals surface area contributed by atoms with Gasteiger partial charge in [0.25, 0.3) is 0 Å². The van der Waals surface area contributed by atoms with Crippen molar-refractivity contribution in [1.29, 1.82) is 0 Å². The van der Waals surface area contributed by atoms with Gasteiger partial charge in [-0.1, -0.05) is 43.0 Å². The highest BCUT2D eigenvalue weighted by molar-refractivity contribution is 6.30. The first-order valence-corrected chi connectivity index (χ1v) is 6.99. The highest BCUT2D eigenvalue weighted by Crippen LogP contribution is 2.29. The van der Waals surface area contributed by atoms with E-state index in [9.17, 15) is 4.39 Å². The number of hydrogen-bond acceptors (Lipinski definition) is 2. The summed E-state index contributed by atoms with van der Waals surface area (Å²) in [5, 5.41) is 0.187. The van der Waals surface area contributed by atoms with E-state index >= 15 is 0 Å². The molecule has 1 aromatic rings. The first-order valence-electron chi connectivity index (χ1n) is 6.61. The first-order chi connectivity index (χ1) is 8.72. The van der Waals surface area contributed by atoms with E-state index in [1.54, 1.807) is 18.2 Å². The van der Waals surface area contributed by atoms with Crippen molar-refractivity contribution in [1.82, 2.24) is 5.43 Å². The Morgan fingerprint density at radius 2 is 2.06 bits per heavy atom. The van der Waals surface area contributed by atoms with Gasteiger partial charge in [-0.2, -0.15) is 0 Å². The summed E-state index contributed by atoms with van der Waals surface area (Å²) in [5.41, 5.74) is 3.51. The highest BCUT2D eigenvalue weighted by atomic mass is 35.5. The molecule has 4 heteroatoms. The summed E-state index contributed by atoms with van der Waals surface area (Å²) < 4.78 is 13.9. The second kappa shape index (κ2) is 6.50. The Labute approximate surface area is 113 Å². The minimum absolute atomic E-state index is 0.137. The second-order valence-corrected chi connectivity index (χ2v) is 5.50. The summed E-state index contributed by atoms with van der Waals surface area (Å²) in [4.78, 5) is 0. The van der Waals surface area contributed by atoms with E-state index in [4.69, 9.17) is 17.4 Å². The number of hydrazine groups is 1. The topological polar surface area (TPSA) is 38.0 Å². The molecule has 1 unspecified atom stereocenters. The van der Waals surface area contributed by atoms with E-state index in [1.165, 1.54) is 32.1 Å². The molecule has 2 rings (SSSR count). The molecule has 0 spiro atoms. The Hall–Kier alpha value is -0.640. The van der Waals surface area contributed by atoms with Crippen LogP contribution in [-0.2, 0) is 6.42 Å². The lowest BCUT2D eigenvalue weighted by molar-refractivity contribution is 0.267. The van der Waals surface area contributed by atoms with Gasteiger partial charge < -0.3 is 0 Å². The minimum Gasteiger partial charge on any atom is -0.271 e. The van der Waals surface area contributed by atoms with Crippen LogP contribution in [0.2, 0.25) is 5.02 Å². The molecular weight excluding hydrogens is 251 g/mol. The summed E-state index contributed by atoms with van der Waals surface area (Å²) in [5.74, 6) is 5.87. The van der Waals surface area contributed by atoms with Crippen LogP contribution in [0.1, 0.15) is 37.7 Å². The Kier molecular flexibility index (Phi) is 4.98. The molecule has 1 aliphatic carbocycles. The molecule has 1 fully saturated rings. The molecule has 1 atom stereocenters. The molecule has 18 heavy (non-hydrogen) atoms. The Morgan fingerprint density at radius 1 is 1.33 bits per heavy atom. The normalized spacial score (nSPS) is 18.8. The van der Waals surface area contributed by atoms with E-state index in [0.717, 1.165) is 0 Å². The number of rotatable bonds is 4. The number of hydrogen-bond donors (Lipinski definition) is 2. The molecule has 0 heterocycles. The van der Waals surface area contributed by atoms with E-state index in [-0.39, 0.29) is 16.9 Å². The zero-order valence-corrected chi connectivity index (χ0v) is 11.2. The van der Waals surface area contributed by atoms with Crippen LogP contribution >= 0.6 is 11.6 Å². The standard InChI is InChI=1S/C14H20ClFN2/c15-12-8-4-7-11(14(12)16)9-13(18-17)10-5-2-1-3-6-10/h4,7-8,10,13,18H,1-3,5-6,9,17H2. The van der Waals surface area contributed by atoms with Crippen LogP contribution in [0.3, 0.4) is 0 Å². The van der Waals surface area contributed by atoms with E-state index in [2.05, 4.69) is 5.43 Å². The van der Waals surface area contributed by atoms with Crippen molar-refractivity contribution < 1.29 is 4.39 Å². The second-order valence-electron chi connectivity index (χ2n) is 5.09. The Morgan fingerprint density at radius 3 is 2.72 bits per heavy atom. The molecule has 0 radical (unpaired) electrons. The summed E-state index contributed by atoms with van der Waals surface area (Å²) in [6.45, 7) is 0. The van der Waals surface area contributed by atoms with Crippen LogP contribution in [0.25, 0.3) is 0 Å². The molecule has 1 saturated carbocycles. The predicted octanol–water partition coefficient (Wildman–Crippen LogP) is 3.43. The van der Waals surface area contributed by atoms with Crippen molar-refractivity contribution in [2.45, 2.75) is 44.6 Å². The molecular formula is C14H20ClFN2. The maximum Gasteiger partial charge on any atom is 0.145 e. The zero-order valence-electron chi connectivity index (χ0n) is 10.5. The fraction of sp³-hybridized carbons (Fsp3) is 0.571. The van der Waals surface area contributed by atoms with Crippen molar-refractivity contribution in [3.63, 3.8) is 0 Å². The minimum atomic E-state index is -0.310. The monoisotopic (exact) mass is 270 g/mol. The Balaban J connectivity index is 2.07. The number of nitrogens with one attached hydrogen (secondary N) is 1. The lowest BCUT2D eigenvalue weighted by Gasteiger charge is -2.30. The average molecular weight is 271 g/mol. The third-order valence-electron chi connectivity index (χ3n) is 3.90. The van der Waals surface area contributed by atoms with Crippen LogP contribution in [-0.4, -0.2) is 6.04 Å². The molecule has 100 valence electrons. The van der Waals surface area contributed by atoms with Crippen LogP contribution in [0.5, 0.6) is 0 Å². The number of benzene rings is 1. The molecule has 1 aliphatic rings. The van der Waals surface area contributed by atoms with Crippen LogP contribution in [0, 0.1) is 11.7 Å². The van der Waals surface area contributed by atoms with Gasteiger partial charge in [0.2, 0.25) is 0 Å². The van der Waals surface area contributed by atoms with Gasteiger partial charge in [-0.05, 0) is 36.8 Å². The van der Waals surface area contributed by atoms with Gasteiger partial charge in [0.1, 0.15) is 5.82 Å². The summed E-state index contributed by atoms with van der Waals surface area (Å²) in [6, 6.07) is 5.29.